The summed E-state index contributed by atoms with van der Waals surface area (Å²) in [6.45, 7) is 3.20. The number of likely N-dealkylation sites (tertiary alicyclic amines) is 1. The standard InChI is InChI=1S/C29H30N4O3/c1-29(27(35)33(28(36)31-29)20-22-11-15-30-16-12-22)25-13-17-32(18-14-25)26(34)19-21-7-9-24(10-8-21)23-5-3-2-4-6-23/h2-12,15-16,25H,13-14,17-20H2,1H3,(H,31,36). The van der Waals surface area contributed by atoms with Crippen LogP contribution in [-0.2, 0) is 22.6 Å². The number of amides is 4. The van der Waals surface area contributed by atoms with E-state index in [1.807, 2.05) is 42.2 Å². The summed E-state index contributed by atoms with van der Waals surface area (Å²) in [4.78, 5) is 46.1. The van der Waals surface area contributed by atoms with Gasteiger partial charge in [-0.05, 0) is 60.1 Å². The van der Waals surface area contributed by atoms with E-state index >= 15 is 0 Å². The highest BCUT2D eigenvalue weighted by Gasteiger charge is 2.52. The fraction of sp³-hybridized carbons (Fsp3) is 0.310. The van der Waals surface area contributed by atoms with Crippen molar-refractivity contribution in [1.29, 1.82) is 0 Å². The van der Waals surface area contributed by atoms with Crippen molar-refractivity contribution in [3.05, 3.63) is 90.3 Å². The third-order valence-corrected chi connectivity index (χ3v) is 7.47. The van der Waals surface area contributed by atoms with E-state index in [1.165, 1.54) is 4.90 Å². The van der Waals surface area contributed by atoms with Crippen LogP contribution in [0.15, 0.2) is 79.1 Å². The first-order valence-corrected chi connectivity index (χ1v) is 12.4. The SMILES string of the molecule is CC1(C2CCN(C(=O)Cc3ccc(-c4ccccc4)cc3)CC2)NC(=O)N(Cc2ccncc2)C1=O. The molecule has 4 amide bonds. The molecule has 1 aromatic heterocycles. The molecule has 184 valence electrons. The zero-order valence-corrected chi connectivity index (χ0v) is 20.4. The first-order valence-electron chi connectivity index (χ1n) is 12.4. The normalized spacial score (nSPS) is 20.5. The molecule has 1 N–H and O–H groups in total. The molecule has 2 aliphatic heterocycles. The summed E-state index contributed by atoms with van der Waals surface area (Å²) in [6.07, 6.45) is 5.00. The first-order chi connectivity index (χ1) is 17.4. The van der Waals surface area contributed by atoms with Crippen LogP contribution in [0.2, 0.25) is 0 Å². The molecule has 0 bridgehead atoms. The van der Waals surface area contributed by atoms with Crippen LogP contribution in [0.4, 0.5) is 4.79 Å². The molecule has 36 heavy (non-hydrogen) atoms. The summed E-state index contributed by atoms with van der Waals surface area (Å²) in [5, 5.41) is 2.94. The summed E-state index contributed by atoms with van der Waals surface area (Å²) in [7, 11) is 0. The number of aromatic nitrogens is 1. The second kappa shape index (κ2) is 9.93. The molecule has 0 aliphatic carbocycles. The summed E-state index contributed by atoms with van der Waals surface area (Å²) >= 11 is 0. The molecule has 5 rings (SSSR count). The zero-order valence-electron chi connectivity index (χ0n) is 20.4. The van der Waals surface area contributed by atoms with Crippen LogP contribution in [0.1, 0.15) is 30.9 Å². The molecule has 2 fully saturated rings. The largest absolute Gasteiger partial charge is 0.342 e. The predicted octanol–water partition coefficient (Wildman–Crippen LogP) is 4.04. The van der Waals surface area contributed by atoms with Gasteiger partial charge in [0.2, 0.25) is 5.91 Å². The van der Waals surface area contributed by atoms with Crippen LogP contribution < -0.4 is 5.32 Å². The number of carbonyl (C=O) groups excluding carboxylic acids is 3. The van der Waals surface area contributed by atoms with E-state index < -0.39 is 5.54 Å². The van der Waals surface area contributed by atoms with Crippen molar-refractivity contribution < 1.29 is 14.4 Å². The van der Waals surface area contributed by atoms with Crippen molar-refractivity contribution in [1.82, 2.24) is 20.1 Å². The lowest BCUT2D eigenvalue weighted by molar-refractivity contribution is -0.135. The number of urea groups is 1. The van der Waals surface area contributed by atoms with Gasteiger partial charge in [0.05, 0.1) is 13.0 Å². The van der Waals surface area contributed by atoms with E-state index in [9.17, 15) is 14.4 Å². The number of nitrogens with zero attached hydrogens (tertiary/aromatic N) is 3. The van der Waals surface area contributed by atoms with Crippen molar-refractivity contribution >= 4 is 17.8 Å². The topological polar surface area (TPSA) is 82.6 Å². The van der Waals surface area contributed by atoms with Crippen molar-refractivity contribution in [3.8, 4) is 11.1 Å². The number of imide groups is 1. The second-order valence-electron chi connectivity index (χ2n) is 9.77. The van der Waals surface area contributed by atoms with Crippen LogP contribution in [0.3, 0.4) is 0 Å². The van der Waals surface area contributed by atoms with E-state index in [2.05, 4.69) is 34.6 Å². The Hall–Kier alpha value is -4.00. The highest BCUT2D eigenvalue weighted by Crippen LogP contribution is 2.34. The van der Waals surface area contributed by atoms with Gasteiger partial charge in [-0.3, -0.25) is 19.5 Å². The van der Waals surface area contributed by atoms with Crippen molar-refractivity contribution in [2.45, 2.75) is 38.3 Å². The molecule has 2 aromatic carbocycles. The summed E-state index contributed by atoms with van der Waals surface area (Å²) in [5.41, 5.74) is 3.17. The average Bonchev–Trinajstić information content (AvgIpc) is 3.14. The van der Waals surface area contributed by atoms with E-state index in [0.717, 1.165) is 22.3 Å². The third kappa shape index (κ3) is 4.73. The Morgan fingerprint density at radius 2 is 1.56 bits per heavy atom. The maximum atomic E-state index is 13.3. The van der Waals surface area contributed by atoms with Gasteiger partial charge in [0, 0.05) is 25.5 Å². The Morgan fingerprint density at radius 3 is 2.22 bits per heavy atom. The molecular weight excluding hydrogens is 452 g/mol. The van der Waals surface area contributed by atoms with Gasteiger partial charge in [0.25, 0.3) is 5.91 Å². The lowest BCUT2D eigenvalue weighted by atomic mass is 9.78. The lowest BCUT2D eigenvalue weighted by Gasteiger charge is -2.39. The molecular formula is C29H30N4O3. The number of rotatable bonds is 6. The smallest absolute Gasteiger partial charge is 0.325 e. The number of nitrogens with one attached hydrogen (secondary N) is 1. The van der Waals surface area contributed by atoms with Crippen LogP contribution in [0.5, 0.6) is 0 Å². The molecule has 0 radical (unpaired) electrons. The van der Waals surface area contributed by atoms with Crippen LogP contribution in [0, 0.1) is 5.92 Å². The minimum atomic E-state index is -0.952. The zero-order chi connectivity index (χ0) is 25.1. The highest BCUT2D eigenvalue weighted by atomic mass is 16.2. The monoisotopic (exact) mass is 482 g/mol. The Morgan fingerprint density at radius 1 is 0.917 bits per heavy atom. The first kappa shape index (κ1) is 23.7. The Labute approximate surface area is 211 Å². The van der Waals surface area contributed by atoms with Crippen molar-refractivity contribution in [2.24, 2.45) is 5.92 Å². The van der Waals surface area contributed by atoms with Crippen molar-refractivity contribution in [2.75, 3.05) is 13.1 Å². The predicted molar refractivity (Wildman–Crippen MR) is 137 cm³/mol. The Balaban J connectivity index is 1.17. The molecule has 3 aromatic rings. The number of hydrogen-bond acceptors (Lipinski definition) is 4. The maximum Gasteiger partial charge on any atom is 0.325 e. The van der Waals surface area contributed by atoms with Gasteiger partial charge < -0.3 is 10.2 Å². The average molecular weight is 483 g/mol. The fourth-order valence-electron chi connectivity index (χ4n) is 5.25. The number of hydrogen-bond donors (Lipinski definition) is 1. The molecule has 2 saturated heterocycles. The number of piperidine rings is 1. The van der Waals surface area contributed by atoms with Gasteiger partial charge in [-0.15, -0.1) is 0 Å². The van der Waals surface area contributed by atoms with Crippen molar-refractivity contribution in [3.63, 3.8) is 0 Å². The molecule has 3 heterocycles. The minimum absolute atomic E-state index is 0.0226. The second-order valence-corrected chi connectivity index (χ2v) is 9.77. The lowest BCUT2D eigenvalue weighted by Crippen LogP contribution is -2.54. The van der Waals surface area contributed by atoms with Gasteiger partial charge >= 0.3 is 6.03 Å². The molecule has 7 heteroatoms. The summed E-state index contributed by atoms with van der Waals surface area (Å²) in [5.74, 6) is -0.134. The van der Waals surface area contributed by atoms with Crippen LogP contribution in [-0.4, -0.2) is 51.3 Å². The van der Waals surface area contributed by atoms with E-state index in [0.29, 0.717) is 32.4 Å². The van der Waals surface area contributed by atoms with Gasteiger partial charge in [-0.1, -0.05) is 54.6 Å². The number of benzene rings is 2. The van der Waals surface area contributed by atoms with Gasteiger partial charge in [0.15, 0.2) is 0 Å². The quantitative estimate of drug-likeness (QED) is 0.538. The minimum Gasteiger partial charge on any atom is -0.342 e. The number of carbonyl (C=O) groups is 3. The Kier molecular flexibility index (Phi) is 6.55. The molecule has 1 unspecified atom stereocenters. The van der Waals surface area contributed by atoms with E-state index in [4.69, 9.17) is 0 Å². The summed E-state index contributed by atoms with van der Waals surface area (Å²) < 4.78 is 0. The van der Waals surface area contributed by atoms with E-state index in [-0.39, 0.29) is 30.3 Å². The Bertz CT molecular complexity index is 1240. The molecule has 0 spiro atoms. The maximum absolute atomic E-state index is 13.3. The molecule has 2 aliphatic rings. The van der Waals surface area contributed by atoms with Gasteiger partial charge in [0.1, 0.15) is 5.54 Å². The third-order valence-electron chi connectivity index (χ3n) is 7.47. The molecule has 0 saturated carbocycles. The summed E-state index contributed by atoms with van der Waals surface area (Å²) in [6, 6.07) is 21.5. The van der Waals surface area contributed by atoms with Crippen LogP contribution in [0.25, 0.3) is 11.1 Å². The number of pyridine rings is 1. The van der Waals surface area contributed by atoms with Gasteiger partial charge in [-0.25, -0.2) is 4.79 Å². The highest BCUT2D eigenvalue weighted by molar-refractivity contribution is 6.07. The molecule has 1 atom stereocenters. The molecule has 7 nitrogen and oxygen atoms in total. The van der Waals surface area contributed by atoms with E-state index in [1.54, 1.807) is 24.5 Å². The van der Waals surface area contributed by atoms with Crippen LogP contribution >= 0.6 is 0 Å². The fourth-order valence-corrected chi connectivity index (χ4v) is 5.25. The van der Waals surface area contributed by atoms with Gasteiger partial charge in [-0.2, -0.15) is 0 Å².